The Bertz CT molecular complexity index is 569. The second-order valence-electron chi connectivity index (χ2n) is 5.63. The highest BCUT2D eigenvalue weighted by Gasteiger charge is 2.16. The van der Waals surface area contributed by atoms with Crippen molar-refractivity contribution < 1.29 is 0 Å². The van der Waals surface area contributed by atoms with Gasteiger partial charge in [0, 0.05) is 35.4 Å². The van der Waals surface area contributed by atoms with Gasteiger partial charge in [0.1, 0.15) is 0 Å². The average molecular weight is 286 g/mol. The first-order valence-corrected chi connectivity index (χ1v) is 8.11. The van der Waals surface area contributed by atoms with Crippen LogP contribution in [0.2, 0.25) is 0 Å². The highest BCUT2D eigenvalue weighted by Crippen LogP contribution is 2.20. The molecule has 0 bridgehead atoms. The van der Waals surface area contributed by atoms with E-state index in [1.165, 1.54) is 26.4 Å². The SMILES string of the molecule is Cc1cc(CNCC2Cc3ccccc3CN2)sc1C. The molecule has 2 N–H and O–H groups in total. The Morgan fingerprint density at radius 3 is 2.80 bits per heavy atom. The molecule has 0 radical (unpaired) electrons. The summed E-state index contributed by atoms with van der Waals surface area (Å²) >= 11 is 1.91. The molecule has 1 aromatic carbocycles. The van der Waals surface area contributed by atoms with Crippen molar-refractivity contribution in [1.82, 2.24) is 10.6 Å². The van der Waals surface area contributed by atoms with E-state index in [9.17, 15) is 0 Å². The third kappa shape index (κ3) is 3.11. The summed E-state index contributed by atoms with van der Waals surface area (Å²) in [4.78, 5) is 2.88. The largest absolute Gasteiger partial charge is 0.310 e. The number of hydrogen-bond acceptors (Lipinski definition) is 3. The molecule has 3 rings (SSSR count). The van der Waals surface area contributed by atoms with Crippen LogP contribution in [0.15, 0.2) is 30.3 Å². The first kappa shape index (κ1) is 13.8. The maximum atomic E-state index is 3.62. The van der Waals surface area contributed by atoms with E-state index in [0.717, 1.165) is 26.1 Å². The first-order chi connectivity index (χ1) is 9.72. The molecule has 0 saturated carbocycles. The van der Waals surface area contributed by atoms with Crippen molar-refractivity contribution >= 4 is 11.3 Å². The van der Waals surface area contributed by atoms with Crippen LogP contribution in [0.5, 0.6) is 0 Å². The lowest BCUT2D eigenvalue weighted by molar-refractivity contribution is 0.448. The minimum Gasteiger partial charge on any atom is -0.310 e. The number of rotatable bonds is 4. The van der Waals surface area contributed by atoms with Gasteiger partial charge in [-0.3, -0.25) is 0 Å². The molecule has 0 fully saturated rings. The summed E-state index contributed by atoms with van der Waals surface area (Å²) in [5.74, 6) is 0. The summed E-state index contributed by atoms with van der Waals surface area (Å²) in [6.07, 6.45) is 1.13. The highest BCUT2D eigenvalue weighted by molar-refractivity contribution is 7.12. The topological polar surface area (TPSA) is 24.1 Å². The van der Waals surface area contributed by atoms with Crippen LogP contribution in [0, 0.1) is 13.8 Å². The van der Waals surface area contributed by atoms with Crippen LogP contribution in [0.4, 0.5) is 0 Å². The van der Waals surface area contributed by atoms with Crippen LogP contribution in [0.25, 0.3) is 0 Å². The summed E-state index contributed by atoms with van der Waals surface area (Å²) in [6.45, 7) is 7.40. The van der Waals surface area contributed by atoms with E-state index >= 15 is 0 Å². The van der Waals surface area contributed by atoms with Crippen LogP contribution in [-0.4, -0.2) is 12.6 Å². The van der Waals surface area contributed by atoms with Gasteiger partial charge in [-0.15, -0.1) is 11.3 Å². The Labute approximate surface area is 125 Å². The van der Waals surface area contributed by atoms with Crippen molar-refractivity contribution in [3.05, 3.63) is 56.8 Å². The standard InChI is InChI=1S/C17H22N2S/c1-12-7-17(20-13(12)2)11-18-10-16-8-14-5-3-4-6-15(14)9-19-16/h3-7,16,18-19H,8-11H2,1-2H3. The lowest BCUT2D eigenvalue weighted by Gasteiger charge is -2.26. The van der Waals surface area contributed by atoms with Gasteiger partial charge in [0.2, 0.25) is 0 Å². The van der Waals surface area contributed by atoms with E-state index in [2.05, 4.69) is 54.8 Å². The summed E-state index contributed by atoms with van der Waals surface area (Å²) in [6, 6.07) is 11.6. The molecule has 2 heterocycles. The summed E-state index contributed by atoms with van der Waals surface area (Å²) in [5.41, 5.74) is 4.37. The van der Waals surface area contributed by atoms with Crippen LogP contribution in [-0.2, 0) is 19.5 Å². The molecule has 3 heteroatoms. The molecule has 0 saturated heterocycles. The van der Waals surface area contributed by atoms with Crippen molar-refractivity contribution in [2.24, 2.45) is 0 Å². The molecular formula is C17H22N2S. The van der Waals surface area contributed by atoms with E-state index in [4.69, 9.17) is 0 Å². The third-order valence-corrected chi connectivity index (χ3v) is 5.23. The van der Waals surface area contributed by atoms with E-state index in [1.54, 1.807) is 0 Å². The number of nitrogens with one attached hydrogen (secondary N) is 2. The monoisotopic (exact) mass is 286 g/mol. The number of hydrogen-bond donors (Lipinski definition) is 2. The molecule has 20 heavy (non-hydrogen) atoms. The van der Waals surface area contributed by atoms with E-state index in [1.807, 2.05) is 11.3 Å². The average Bonchev–Trinajstić information content (AvgIpc) is 2.77. The normalized spacial score (nSPS) is 18.0. The number of benzene rings is 1. The quantitative estimate of drug-likeness (QED) is 0.902. The van der Waals surface area contributed by atoms with Gasteiger partial charge in [-0.25, -0.2) is 0 Å². The summed E-state index contributed by atoms with van der Waals surface area (Å²) in [7, 11) is 0. The lowest BCUT2D eigenvalue weighted by Crippen LogP contribution is -2.42. The van der Waals surface area contributed by atoms with E-state index in [-0.39, 0.29) is 0 Å². The van der Waals surface area contributed by atoms with Gasteiger partial charge in [0.25, 0.3) is 0 Å². The first-order valence-electron chi connectivity index (χ1n) is 7.29. The smallest absolute Gasteiger partial charge is 0.0300 e. The molecule has 0 amide bonds. The molecular weight excluding hydrogens is 264 g/mol. The molecule has 2 aromatic rings. The fourth-order valence-electron chi connectivity index (χ4n) is 2.77. The second kappa shape index (κ2) is 6.08. The third-order valence-electron chi connectivity index (χ3n) is 4.07. The minimum atomic E-state index is 0.548. The van der Waals surface area contributed by atoms with Gasteiger partial charge in [0.15, 0.2) is 0 Å². The second-order valence-corrected chi connectivity index (χ2v) is 6.97. The Morgan fingerprint density at radius 1 is 1.25 bits per heavy atom. The Balaban J connectivity index is 1.50. The van der Waals surface area contributed by atoms with Crippen LogP contribution >= 0.6 is 11.3 Å². The zero-order chi connectivity index (χ0) is 13.9. The molecule has 1 aliphatic rings. The van der Waals surface area contributed by atoms with Gasteiger partial charge in [-0.2, -0.15) is 0 Å². The molecule has 0 spiro atoms. The van der Waals surface area contributed by atoms with Gasteiger partial charge >= 0.3 is 0 Å². The maximum Gasteiger partial charge on any atom is 0.0300 e. The molecule has 1 aliphatic heterocycles. The van der Waals surface area contributed by atoms with Gasteiger partial charge in [-0.05, 0) is 43.0 Å². The van der Waals surface area contributed by atoms with Gasteiger partial charge in [-0.1, -0.05) is 24.3 Å². The minimum absolute atomic E-state index is 0.548. The number of thiophene rings is 1. The molecule has 1 atom stereocenters. The molecule has 0 aliphatic carbocycles. The van der Waals surface area contributed by atoms with Crippen molar-refractivity contribution in [3.63, 3.8) is 0 Å². The van der Waals surface area contributed by atoms with Crippen molar-refractivity contribution in [2.45, 2.75) is 39.4 Å². The van der Waals surface area contributed by atoms with E-state index in [0.29, 0.717) is 6.04 Å². The fourth-order valence-corrected chi connectivity index (χ4v) is 3.79. The van der Waals surface area contributed by atoms with Gasteiger partial charge < -0.3 is 10.6 Å². The predicted octanol–water partition coefficient (Wildman–Crippen LogP) is 3.17. The molecule has 1 aromatic heterocycles. The van der Waals surface area contributed by atoms with Gasteiger partial charge in [0.05, 0.1) is 0 Å². The van der Waals surface area contributed by atoms with Crippen molar-refractivity contribution in [3.8, 4) is 0 Å². The van der Waals surface area contributed by atoms with E-state index < -0.39 is 0 Å². The van der Waals surface area contributed by atoms with Crippen molar-refractivity contribution in [2.75, 3.05) is 6.54 Å². The Hall–Kier alpha value is -1.16. The molecule has 1 unspecified atom stereocenters. The summed E-state index contributed by atoms with van der Waals surface area (Å²) in [5, 5.41) is 7.21. The predicted molar refractivity (Wildman–Crippen MR) is 86.3 cm³/mol. The number of fused-ring (bicyclic) bond motifs is 1. The van der Waals surface area contributed by atoms with Crippen molar-refractivity contribution in [1.29, 1.82) is 0 Å². The maximum absolute atomic E-state index is 3.62. The Kier molecular flexibility index (Phi) is 4.20. The zero-order valence-corrected chi connectivity index (χ0v) is 13.0. The zero-order valence-electron chi connectivity index (χ0n) is 12.2. The highest BCUT2D eigenvalue weighted by atomic mass is 32.1. The Morgan fingerprint density at radius 2 is 2.05 bits per heavy atom. The fraction of sp³-hybridized carbons (Fsp3) is 0.412. The van der Waals surface area contributed by atoms with Crippen LogP contribution in [0.1, 0.15) is 26.4 Å². The summed E-state index contributed by atoms with van der Waals surface area (Å²) < 4.78 is 0. The molecule has 106 valence electrons. The number of aryl methyl sites for hydroxylation is 2. The lowest BCUT2D eigenvalue weighted by atomic mass is 9.96. The van der Waals surface area contributed by atoms with Crippen LogP contribution < -0.4 is 10.6 Å². The molecule has 2 nitrogen and oxygen atoms in total. The van der Waals surface area contributed by atoms with Crippen LogP contribution in [0.3, 0.4) is 0 Å².